The van der Waals surface area contributed by atoms with E-state index in [-0.39, 0.29) is 5.82 Å². The second-order valence-corrected chi connectivity index (χ2v) is 7.55. The Kier molecular flexibility index (Phi) is 6.56. The molecule has 4 atom stereocenters. The Balaban J connectivity index is 1.92. The highest BCUT2D eigenvalue weighted by Crippen LogP contribution is 2.36. The monoisotopic (exact) mass is 309 g/mol. The van der Waals surface area contributed by atoms with Gasteiger partial charge in [-0.1, -0.05) is 33.3 Å². The average molecular weight is 309 g/mol. The molecule has 1 aromatic rings. The van der Waals surface area contributed by atoms with Gasteiger partial charge < -0.3 is 5.32 Å². The van der Waals surface area contributed by atoms with Gasteiger partial charge in [-0.3, -0.25) is 0 Å². The normalized spacial score (nSPS) is 27.5. The minimum absolute atomic E-state index is 0.139. The van der Waals surface area contributed by atoms with Crippen molar-refractivity contribution in [1.29, 1.82) is 0 Å². The lowest BCUT2D eigenvalue weighted by molar-refractivity contribution is 0.179. The highest BCUT2D eigenvalue weighted by molar-refractivity contribution is 7.99. The molecule has 0 aliphatic heterocycles. The van der Waals surface area contributed by atoms with E-state index in [2.05, 4.69) is 26.1 Å². The molecular formula is C18H28FNS. The molecule has 1 aliphatic rings. The Morgan fingerprint density at radius 1 is 1.29 bits per heavy atom. The summed E-state index contributed by atoms with van der Waals surface area (Å²) in [5.74, 6) is 3.34. The van der Waals surface area contributed by atoms with Crippen LogP contribution in [0.4, 0.5) is 4.39 Å². The van der Waals surface area contributed by atoms with E-state index < -0.39 is 0 Å². The lowest BCUT2D eigenvalue weighted by Gasteiger charge is -2.37. The Labute approximate surface area is 133 Å². The van der Waals surface area contributed by atoms with Crippen molar-refractivity contribution in [3.05, 3.63) is 30.1 Å². The maximum absolute atomic E-state index is 13.3. The van der Waals surface area contributed by atoms with Crippen LogP contribution in [0.15, 0.2) is 29.2 Å². The van der Waals surface area contributed by atoms with Crippen molar-refractivity contribution in [2.24, 2.45) is 17.8 Å². The summed E-state index contributed by atoms with van der Waals surface area (Å²) in [5, 5.41) is 3.66. The van der Waals surface area contributed by atoms with Crippen LogP contribution in [-0.2, 0) is 0 Å². The number of rotatable bonds is 6. The summed E-state index contributed by atoms with van der Waals surface area (Å²) in [4.78, 5) is 1.04. The van der Waals surface area contributed by atoms with Gasteiger partial charge in [0.05, 0.1) is 0 Å². The maximum Gasteiger partial charge on any atom is 0.124 e. The number of halogens is 1. The molecule has 1 saturated carbocycles. The Morgan fingerprint density at radius 3 is 2.76 bits per heavy atom. The predicted molar refractivity (Wildman–Crippen MR) is 90.3 cm³/mol. The van der Waals surface area contributed by atoms with Crippen molar-refractivity contribution in [1.82, 2.24) is 5.32 Å². The van der Waals surface area contributed by atoms with Crippen LogP contribution >= 0.6 is 11.8 Å². The molecular weight excluding hydrogens is 281 g/mol. The van der Waals surface area contributed by atoms with Crippen molar-refractivity contribution in [3.63, 3.8) is 0 Å². The molecule has 1 nitrogen and oxygen atoms in total. The van der Waals surface area contributed by atoms with E-state index in [0.29, 0.717) is 6.04 Å². The fourth-order valence-corrected chi connectivity index (χ4v) is 4.45. The van der Waals surface area contributed by atoms with Gasteiger partial charge in [0.25, 0.3) is 0 Å². The third kappa shape index (κ3) is 5.00. The van der Waals surface area contributed by atoms with Gasteiger partial charge >= 0.3 is 0 Å². The van der Waals surface area contributed by atoms with Gasteiger partial charge in [-0.05, 0) is 55.3 Å². The molecule has 21 heavy (non-hydrogen) atoms. The zero-order valence-corrected chi connectivity index (χ0v) is 14.3. The zero-order chi connectivity index (χ0) is 15.2. The molecule has 1 aromatic carbocycles. The fourth-order valence-electron chi connectivity index (χ4n) is 3.32. The summed E-state index contributed by atoms with van der Waals surface area (Å²) in [6.07, 6.45) is 3.99. The lowest BCUT2D eigenvalue weighted by atomic mass is 9.73. The smallest absolute Gasteiger partial charge is 0.124 e. The first kappa shape index (κ1) is 16.8. The molecule has 0 spiro atoms. The van der Waals surface area contributed by atoms with Crippen LogP contribution in [0.25, 0.3) is 0 Å². The molecule has 1 fully saturated rings. The fraction of sp³-hybridized carbons (Fsp3) is 0.667. The number of hydrogen-bond donors (Lipinski definition) is 1. The predicted octanol–water partition coefficient (Wildman–Crippen LogP) is 4.97. The first-order chi connectivity index (χ1) is 10.1. The quantitative estimate of drug-likeness (QED) is 0.745. The largest absolute Gasteiger partial charge is 0.313 e. The number of hydrogen-bond acceptors (Lipinski definition) is 2. The second kappa shape index (κ2) is 8.19. The minimum Gasteiger partial charge on any atom is -0.313 e. The van der Waals surface area contributed by atoms with E-state index in [9.17, 15) is 4.39 Å². The van der Waals surface area contributed by atoms with Crippen LogP contribution in [0, 0.1) is 23.6 Å². The molecule has 0 bridgehead atoms. The van der Waals surface area contributed by atoms with Crippen molar-refractivity contribution in [3.8, 4) is 0 Å². The Bertz CT molecular complexity index is 437. The van der Waals surface area contributed by atoms with Crippen LogP contribution in [-0.4, -0.2) is 18.3 Å². The standard InChI is InChI=1S/C18H28FNS/c1-4-20-18(15-9-8-13(2)14(3)10-15)12-21-17-7-5-6-16(19)11-17/h5-7,11,13-15,18,20H,4,8-10,12H2,1-3H3. The van der Waals surface area contributed by atoms with E-state index in [1.807, 2.05) is 6.07 Å². The molecule has 4 unspecified atom stereocenters. The van der Waals surface area contributed by atoms with Gasteiger partial charge in [0.15, 0.2) is 0 Å². The van der Waals surface area contributed by atoms with Gasteiger partial charge in [0.2, 0.25) is 0 Å². The molecule has 0 heterocycles. The molecule has 0 amide bonds. The number of thioether (sulfide) groups is 1. The van der Waals surface area contributed by atoms with Crippen LogP contribution in [0.5, 0.6) is 0 Å². The Morgan fingerprint density at radius 2 is 2.10 bits per heavy atom. The number of benzene rings is 1. The van der Waals surface area contributed by atoms with E-state index >= 15 is 0 Å². The molecule has 2 rings (SSSR count). The second-order valence-electron chi connectivity index (χ2n) is 6.46. The van der Waals surface area contributed by atoms with Gasteiger partial charge in [-0.2, -0.15) is 0 Å². The lowest BCUT2D eigenvalue weighted by Crippen LogP contribution is -2.41. The number of nitrogens with one attached hydrogen (secondary N) is 1. The average Bonchev–Trinajstić information content (AvgIpc) is 2.46. The third-order valence-corrected chi connectivity index (χ3v) is 6.01. The van der Waals surface area contributed by atoms with Gasteiger partial charge in [-0.25, -0.2) is 4.39 Å². The van der Waals surface area contributed by atoms with Crippen molar-refractivity contribution >= 4 is 11.8 Å². The molecule has 0 aromatic heterocycles. The van der Waals surface area contributed by atoms with Crippen LogP contribution < -0.4 is 5.32 Å². The molecule has 1 N–H and O–H groups in total. The van der Waals surface area contributed by atoms with Crippen LogP contribution in [0.1, 0.15) is 40.0 Å². The van der Waals surface area contributed by atoms with Gasteiger partial charge in [0.1, 0.15) is 5.82 Å². The molecule has 1 aliphatic carbocycles. The van der Waals surface area contributed by atoms with Crippen molar-refractivity contribution in [2.45, 2.75) is 51.0 Å². The summed E-state index contributed by atoms with van der Waals surface area (Å²) in [6, 6.07) is 7.49. The van der Waals surface area contributed by atoms with Gasteiger partial charge in [-0.15, -0.1) is 11.8 Å². The highest BCUT2D eigenvalue weighted by Gasteiger charge is 2.29. The summed E-state index contributed by atoms with van der Waals surface area (Å²) in [5.41, 5.74) is 0. The summed E-state index contributed by atoms with van der Waals surface area (Å²) >= 11 is 1.78. The van der Waals surface area contributed by atoms with Crippen molar-refractivity contribution in [2.75, 3.05) is 12.3 Å². The third-order valence-electron chi connectivity index (χ3n) is 4.90. The van der Waals surface area contributed by atoms with Crippen LogP contribution in [0.2, 0.25) is 0 Å². The SMILES string of the molecule is CCNC(CSc1cccc(F)c1)C1CCC(C)C(C)C1. The van der Waals surface area contributed by atoms with Crippen LogP contribution in [0.3, 0.4) is 0 Å². The topological polar surface area (TPSA) is 12.0 Å². The van der Waals surface area contributed by atoms with E-state index in [4.69, 9.17) is 0 Å². The summed E-state index contributed by atoms with van der Waals surface area (Å²) < 4.78 is 13.3. The summed E-state index contributed by atoms with van der Waals surface area (Å²) in [7, 11) is 0. The van der Waals surface area contributed by atoms with Gasteiger partial charge in [0, 0.05) is 16.7 Å². The van der Waals surface area contributed by atoms with E-state index in [1.165, 1.54) is 25.3 Å². The van der Waals surface area contributed by atoms with E-state index in [0.717, 1.165) is 34.9 Å². The highest BCUT2D eigenvalue weighted by atomic mass is 32.2. The molecule has 0 saturated heterocycles. The van der Waals surface area contributed by atoms with E-state index in [1.54, 1.807) is 23.9 Å². The molecule has 3 heteroatoms. The molecule has 0 radical (unpaired) electrons. The minimum atomic E-state index is -0.139. The van der Waals surface area contributed by atoms with Crippen molar-refractivity contribution < 1.29 is 4.39 Å². The first-order valence-electron chi connectivity index (χ1n) is 8.22. The Hall–Kier alpha value is -0.540. The maximum atomic E-state index is 13.3. The zero-order valence-electron chi connectivity index (χ0n) is 13.4. The first-order valence-corrected chi connectivity index (χ1v) is 9.20. The summed E-state index contributed by atoms with van der Waals surface area (Å²) in [6.45, 7) is 7.95. The molecule has 118 valence electrons.